The summed E-state index contributed by atoms with van der Waals surface area (Å²) in [6, 6.07) is 7.19. The lowest BCUT2D eigenvalue weighted by molar-refractivity contribution is -0.146. The number of carbonyl (C=O) groups excluding carboxylic acids is 1. The minimum atomic E-state index is -0.356. The zero-order valence-electron chi connectivity index (χ0n) is 12.1. The summed E-state index contributed by atoms with van der Waals surface area (Å²) in [5.74, 6) is 0.219. The van der Waals surface area contributed by atoms with Gasteiger partial charge >= 0.3 is 5.97 Å². The summed E-state index contributed by atoms with van der Waals surface area (Å²) in [7, 11) is 1.39. The Labute approximate surface area is 114 Å². The van der Waals surface area contributed by atoms with E-state index in [9.17, 15) is 4.79 Å². The Morgan fingerprint density at radius 2 is 1.84 bits per heavy atom. The van der Waals surface area contributed by atoms with E-state index in [0.29, 0.717) is 6.42 Å². The quantitative estimate of drug-likeness (QED) is 0.803. The van der Waals surface area contributed by atoms with Crippen molar-refractivity contribution in [3.05, 3.63) is 29.8 Å². The first kappa shape index (κ1) is 15.5. The Kier molecular flexibility index (Phi) is 5.83. The fraction of sp³-hybridized carbons (Fsp3) is 0.533. The van der Waals surface area contributed by atoms with Gasteiger partial charge in [-0.1, -0.05) is 19.1 Å². The first-order valence-electron chi connectivity index (χ1n) is 6.59. The van der Waals surface area contributed by atoms with Gasteiger partial charge in [-0.3, -0.25) is 4.79 Å². The molecule has 4 heteroatoms. The molecule has 0 aromatic heterocycles. The monoisotopic (exact) mass is 265 g/mol. The molecule has 2 N–H and O–H groups in total. The Morgan fingerprint density at radius 1 is 1.26 bits per heavy atom. The topological polar surface area (TPSA) is 61.5 Å². The smallest absolute Gasteiger partial charge is 0.310 e. The molecular formula is C15H23NO3. The molecule has 2 unspecified atom stereocenters. The lowest BCUT2D eigenvalue weighted by Crippen LogP contribution is -2.28. The number of esters is 1. The average Bonchev–Trinajstić information content (AvgIpc) is 2.39. The van der Waals surface area contributed by atoms with E-state index in [0.717, 1.165) is 11.3 Å². The van der Waals surface area contributed by atoms with Gasteiger partial charge in [0.1, 0.15) is 5.75 Å². The van der Waals surface area contributed by atoms with E-state index in [1.807, 2.05) is 45.0 Å². The maximum Gasteiger partial charge on any atom is 0.310 e. The van der Waals surface area contributed by atoms with E-state index < -0.39 is 0 Å². The fourth-order valence-corrected chi connectivity index (χ4v) is 1.99. The van der Waals surface area contributed by atoms with Gasteiger partial charge in [-0.25, -0.2) is 0 Å². The maximum atomic E-state index is 11.6. The SMILES string of the molecule is CCC(C(=O)OC)C(N)c1ccc(OC(C)C)cc1. The third kappa shape index (κ3) is 4.24. The second-order valence-corrected chi connectivity index (χ2v) is 4.80. The summed E-state index contributed by atoms with van der Waals surface area (Å²) in [4.78, 5) is 11.6. The molecule has 4 nitrogen and oxygen atoms in total. The predicted octanol–water partition coefficient (Wildman–Crippen LogP) is 2.67. The lowest BCUT2D eigenvalue weighted by atomic mass is 9.91. The molecule has 0 aliphatic heterocycles. The zero-order chi connectivity index (χ0) is 14.4. The van der Waals surface area contributed by atoms with Gasteiger partial charge in [0.25, 0.3) is 0 Å². The zero-order valence-corrected chi connectivity index (χ0v) is 12.1. The van der Waals surface area contributed by atoms with Gasteiger partial charge < -0.3 is 15.2 Å². The van der Waals surface area contributed by atoms with Crippen LogP contribution in [-0.2, 0) is 9.53 Å². The van der Waals surface area contributed by atoms with Crippen LogP contribution in [0, 0.1) is 5.92 Å². The highest BCUT2D eigenvalue weighted by atomic mass is 16.5. The van der Waals surface area contributed by atoms with Crippen molar-refractivity contribution < 1.29 is 14.3 Å². The molecule has 0 radical (unpaired) electrons. The van der Waals surface area contributed by atoms with Gasteiger partial charge in [-0.2, -0.15) is 0 Å². The van der Waals surface area contributed by atoms with E-state index >= 15 is 0 Å². The van der Waals surface area contributed by atoms with Crippen molar-refractivity contribution in [2.24, 2.45) is 11.7 Å². The van der Waals surface area contributed by atoms with Crippen LogP contribution in [0.2, 0.25) is 0 Å². The molecule has 0 amide bonds. The number of benzene rings is 1. The number of ether oxygens (including phenoxy) is 2. The van der Waals surface area contributed by atoms with Crippen LogP contribution in [0.5, 0.6) is 5.75 Å². The molecule has 0 aliphatic rings. The molecule has 1 rings (SSSR count). The maximum absolute atomic E-state index is 11.6. The molecule has 0 saturated carbocycles. The Balaban J connectivity index is 2.81. The standard InChI is InChI=1S/C15H23NO3/c1-5-13(15(17)18-4)14(16)11-6-8-12(9-7-11)19-10(2)3/h6-10,13-14H,5,16H2,1-4H3. The number of nitrogens with two attached hydrogens (primary N) is 1. The molecular weight excluding hydrogens is 242 g/mol. The van der Waals surface area contributed by atoms with E-state index in [-0.39, 0.29) is 24.0 Å². The second-order valence-electron chi connectivity index (χ2n) is 4.80. The van der Waals surface area contributed by atoms with Gasteiger partial charge in [-0.15, -0.1) is 0 Å². The van der Waals surface area contributed by atoms with Gasteiger partial charge in [0.05, 0.1) is 19.1 Å². The highest BCUT2D eigenvalue weighted by Crippen LogP contribution is 2.25. The lowest BCUT2D eigenvalue weighted by Gasteiger charge is -2.21. The Bertz CT molecular complexity index is 400. The van der Waals surface area contributed by atoms with Crippen molar-refractivity contribution in [2.45, 2.75) is 39.3 Å². The van der Waals surface area contributed by atoms with Crippen molar-refractivity contribution in [1.29, 1.82) is 0 Å². The molecule has 0 spiro atoms. The summed E-state index contributed by atoms with van der Waals surface area (Å²) in [6.45, 7) is 5.88. The molecule has 0 saturated heterocycles. The Morgan fingerprint density at radius 3 is 2.26 bits per heavy atom. The van der Waals surface area contributed by atoms with Crippen LogP contribution in [0.25, 0.3) is 0 Å². The normalized spacial score (nSPS) is 14.0. The van der Waals surface area contributed by atoms with E-state index in [2.05, 4.69) is 0 Å². The molecule has 0 bridgehead atoms. The summed E-state index contributed by atoms with van der Waals surface area (Å²) < 4.78 is 10.4. The molecule has 2 atom stereocenters. The third-order valence-corrected chi connectivity index (χ3v) is 3.01. The van der Waals surface area contributed by atoms with Crippen LogP contribution in [0.1, 0.15) is 38.8 Å². The number of rotatable bonds is 6. The average molecular weight is 265 g/mol. The fourth-order valence-electron chi connectivity index (χ4n) is 1.99. The van der Waals surface area contributed by atoms with Crippen molar-refractivity contribution in [3.63, 3.8) is 0 Å². The number of methoxy groups -OCH3 is 1. The highest BCUT2D eigenvalue weighted by molar-refractivity contribution is 5.73. The number of hydrogen-bond donors (Lipinski definition) is 1. The van der Waals surface area contributed by atoms with Crippen LogP contribution in [0.15, 0.2) is 24.3 Å². The third-order valence-electron chi connectivity index (χ3n) is 3.01. The predicted molar refractivity (Wildman–Crippen MR) is 74.9 cm³/mol. The number of carbonyl (C=O) groups is 1. The minimum absolute atomic E-state index is 0.137. The molecule has 19 heavy (non-hydrogen) atoms. The van der Waals surface area contributed by atoms with Crippen molar-refractivity contribution >= 4 is 5.97 Å². The van der Waals surface area contributed by atoms with Crippen LogP contribution in [-0.4, -0.2) is 19.2 Å². The first-order valence-corrected chi connectivity index (χ1v) is 6.59. The Hall–Kier alpha value is -1.55. The second kappa shape index (κ2) is 7.14. The summed E-state index contributed by atoms with van der Waals surface area (Å²) >= 11 is 0. The van der Waals surface area contributed by atoms with Crippen molar-refractivity contribution in [2.75, 3.05) is 7.11 Å². The molecule has 0 heterocycles. The van der Waals surface area contributed by atoms with E-state index in [1.54, 1.807) is 0 Å². The molecule has 0 aliphatic carbocycles. The molecule has 0 fully saturated rings. The van der Waals surface area contributed by atoms with Crippen LogP contribution < -0.4 is 10.5 Å². The van der Waals surface area contributed by atoms with E-state index in [4.69, 9.17) is 15.2 Å². The van der Waals surface area contributed by atoms with Crippen molar-refractivity contribution in [3.8, 4) is 5.75 Å². The van der Waals surface area contributed by atoms with Gasteiger partial charge in [0.15, 0.2) is 0 Å². The molecule has 106 valence electrons. The number of hydrogen-bond acceptors (Lipinski definition) is 4. The summed E-state index contributed by atoms with van der Waals surface area (Å²) in [6.07, 6.45) is 0.788. The van der Waals surface area contributed by atoms with Crippen molar-refractivity contribution in [1.82, 2.24) is 0 Å². The van der Waals surface area contributed by atoms with Crippen LogP contribution in [0.3, 0.4) is 0 Å². The highest BCUT2D eigenvalue weighted by Gasteiger charge is 2.25. The largest absolute Gasteiger partial charge is 0.491 e. The van der Waals surface area contributed by atoms with Gasteiger partial charge in [-0.05, 0) is 38.0 Å². The van der Waals surface area contributed by atoms with Crippen LogP contribution >= 0.6 is 0 Å². The minimum Gasteiger partial charge on any atom is -0.491 e. The van der Waals surface area contributed by atoms with Gasteiger partial charge in [0.2, 0.25) is 0 Å². The van der Waals surface area contributed by atoms with E-state index in [1.165, 1.54) is 7.11 Å². The molecule has 1 aromatic carbocycles. The summed E-state index contributed by atoms with van der Waals surface area (Å²) in [5, 5.41) is 0. The van der Waals surface area contributed by atoms with Crippen LogP contribution in [0.4, 0.5) is 0 Å². The molecule has 1 aromatic rings. The summed E-state index contributed by atoms with van der Waals surface area (Å²) in [5.41, 5.74) is 7.05. The van der Waals surface area contributed by atoms with Gasteiger partial charge in [0, 0.05) is 6.04 Å². The first-order chi connectivity index (χ1) is 8.99.